The van der Waals surface area contributed by atoms with Crippen LogP contribution in [0.3, 0.4) is 0 Å². The molecule has 0 fully saturated rings. The zero-order chi connectivity index (χ0) is 21.8. The molecule has 1 heterocycles. The molecular weight excluding hydrogens is 478 g/mol. The molecule has 0 saturated carbocycles. The maximum absolute atomic E-state index is 12.3. The minimum atomic E-state index is -0.287. The van der Waals surface area contributed by atoms with E-state index in [9.17, 15) is 4.79 Å². The summed E-state index contributed by atoms with van der Waals surface area (Å²) < 4.78 is 12.2. The van der Waals surface area contributed by atoms with E-state index in [1.165, 1.54) is 0 Å². The van der Waals surface area contributed by atoms with E-state index in [2.05, 4.69) is 31.5 Å². The molecule has 0 aliphatic carbocycles. The van der Waals surface area contributed by atoms with Crippen molar-refractivity contribution in [3.05, 3.63) is 76.8 Å². The van der Waals surface area contributed by atoms with Crippen LogP contribution in [0.5, 0.6) is 5.75 Å². The number of hydrogen-bond acceptors (Lipinski definition) is 5. The Morgan fingerprint density at radius 1 is 1.10 bits per heavy atom. The summed E-state index contributed by atoms with van der Waals surface area (Å²) in [6.45, 7) is 2.56. The molecule has 156 valence electrons. The van der Waals surface area contributed by atoms with Crippen LogP contribution in [0.4, 0.5) is 5.69 Å². The topological polar surface area (TPSA) is 76.4 Å². The van der Waals surface area contributed by atoms with Gasteiger partial charge in [-0.05, 0) is 85.9 Å². The molecule has 0 bridgehead atoms. The summed E-state index contributed by atoms with van der Waals surface area (Å²) in [6, 6.07) is 20.0. The number of rotatable bonds is 5. The van der Waals surface area contributed by atoms with E-state index in [1.54, 1.807) is 24.3 Å². The number of anilines is 1. The number of halogens is 1. The van der Waals surface area contributed by atoms with Gasteiger partial charge in [-0.25, -0.2) is 4.98 Å². The lowest BCUT2D eigenvalue weighted by Gasteiger charge is -2.09. The van der Waals surface area contributed by atoms with Crippen molar-refractivity contribution in [1.29, 1.82) is 0 Å². The van der Waals surface area contributed by atoms with Gasteiger partial charge in [-0.15, -0.1) is 0 Å². The first-order valence-electron chi connectivity index (χ1n) is 9.53. The number of thiocarbonyl (C=S) groups is 1. The Bertz CT molecular complexity index is 1240. The molecule has 6 nitrogen and oxygen atoms in total. The van der Waals surface area contributed by atoms with Gasteiger partial charge in [0.2, 0.25) is 5.89 Å². The molecule has 3 aromatic carbocycles. The molecule has 8 heteroatoms. The van der Waals surface area contributed by atoms with Crippen molar-refractivity contribution in [3.63, 3.8) is 0 Å². The molecule has 4 rings (SSSR count). The molecule has 1 amide bonds. The van der Waals surface area contributed by atoms with Crippen LogP contribution in [0.15, 0.2) is 75.6 Å². The highest BCUT2D eigenvalue weighted by molar-refractivity contribution is 9.10. The second kappa shape index (κ2) is 9.28. The summed E-state index contributed by atoms with van der Waals surface area (Å²) in [7, 11) is 0. The lowest BCUT2D eigenvalue weighted by Crippen LogP contribution is -2.34. The number of carbonyl (C=O) groups is 1. The second-order valence-corrected chi connectivity index (χ2v) is 7.90. The van der Waals surface area contributed by atoms with E-state index in [1.807, 2.05) is 49.4 Å². The van der Waals surface area contributed by atoms with Crippen LogP contribution in [-0.2, 0) is 0 Å². The smallest absolute Gasteiger partial charge is 0.257 e. The molecule has 0 radical (unpaired) electrons. The fraction of sp³-hybridized carbons (Fsp3) is 0.0870. The number of fused-ring (bicyclic) bond motifs is 1. The first kappa shape index (κ1) is 21.0. The minimum Gasteiger partial charge on any atom is -0.494 e. The van der Waals surface area contributed by atoms with Crippen molar-refractivity contribution in [2.24, 2.45) is 0 Å². The molecule has 2 N–H and O–H groups in total. The maximum atomic E-state index is 12.3. The molecule has 0 aliphatic rings. The minimum absolute atomic E-state index is 0.197. The second-order valence-electron chi connectivity index (χ2n) is 6.57. The van der Waals surface area contributed by atoms with Crippen molar-refractivity contribution < 1.29 is 13.9 Å². The number of carbonyl (C=O) groups excluding carboxylic acids is 1. The quantitative estimate of drug-likeness (QED) is 0.341. The maximum Gasteiger partial charge on any atom is 0.257 e. The van der Waals surface area contributed by atoms with E-state index in [0.717, 1.165) is 15.8 Å². The van der Waals surface area contributed by atoms with Gasteiger partial charge in [-0.2, -0.15) is 0 Å². The van der Waals surface area contributed by atoms with Crippen molar-refractivity contribution in [2.45, 2.75) is 6.92 Å². The third-order valence-electron chi connectivity index (χ3n) is 4.39. The van der Waals surface area contributed by atoms with Gasteiger partial charge in [0.25, 0.3) is 5.91 Å². The lowest BCUT2D eigenvalue weighted by atomic mass is 10.2. The van der Waals surface area contributed by atoms with Crippen LogP contribution in [0, 0.1) is 0 Å². The first-order valence-corrected chi connectivity index (χ1v) is 10.7. The Morgan fingerprint density at radius 2 is 1.84 bits per heavy atom. The van der Waals surface area contributed by atoms with Gasteiger partial charge in [0, 0.05) is 21.3 Å². The average molecular weight is 496 g/mol. The van der Waals surface area contributed by atoms with Gasteiger partial charge in [0.05, 0.1) is 6.61 Å². The number of benzene rings is 3. The lowest BCUT2D eigenvalue weighted by molar-refractivity contribution is 0.0977. The van der Waals surface area contributed by atoms with Gasteiger partial charge >= 0.3 is 0 Å². The van der Waals surface area contributed by atoms with E-state index in [0.29, 0.717) is 34.8 Å². The number of nitrogens with one attached hydrogen (secondary N) is 2. The normalized spacial score (nSPS) is 10.6. The van der Waals surface area contributed by atoms with Gasteiger partial charge in [0.15, 0.2) is 10.7 Å². The molecule has 0 saturated heterocycles. The molecule has 0 aliphatic heterocycles. The summed E-state index contributed by atoms with van der Waals surface area (Å²) in [6.07, 6.45) is 0. The summed E-state index contributed by atoms with van der Waals surface area (Å²) in [5.41, 5.74) is 3.39. The van der Waals surface area contributed by atoms with E-state index >= 15 is 0 Å². The van der Waals surface area contributed by atoms with Gasteiger partial charge in [-0.1, -0.05) is 15.9 Å². The van der Waals surface area contributed by atoms with Crippen LogP contribution in [-0.4, -0.2) is 22.6 Å². The zero-order valence-corrected chi connectivity index (χ0v) is 18.9. The monoisotopic (exact) mass is 495 g/mol. The van der Waals surface area contributed by atoms with Gasteiger partial charge in [0.1, 0.15) is 11.3 Å². The zero-order valence-electron chi connectivity index (χ0n) is 16.5. The number of ether oxygens (including phenoxy) is 1. The van der Waals surface area contributed by atoms with E-state index in [-0.39, 0.29) is 11.0 Å². The average Bonchev–Trinajstić information content (AvgIpc) is 3.18. The number of amides is 1. The van der Waals surface area contributed by atoms with Gasteiger partial charge < -0.3 is 14.5 Å². The SMILES string of the molecule is CCOc1ccc(-c2nc3cc(NC(=S)NC(=O)c4ccc(Br)cc4)ccc3o2)cc1. The highest BCUT2D eigenvalue weighted by Crippen LogP contribution is 2.27. The predicted octanol–water partition coefficient (Wildman–Crippen LogP) is 5.78. The van der Waals surface area contributed by atoms with Crippen LogP contribution < -0.4 is 15.4 Å². The molecule has 1 aromatic heterocycles. The summed E-state index contributed by atoms with van der Waals surface area (Å²) in [5.74, 6) is 1.03. The molecule has 31 heavy (non-hydrogen) atoms. The van der Waals surface area contributed by atoms with Gasteiger partial charge in [-0.3, -0.25) is 10.1 Å². The molecule has 0 unspecified atom stereocenters. The molecule has 4 aromatic rings. The van der Waals surface area contributed by atoms with Crippen molar-refractivity contribution >= 4 is 56.0 Å². The standard InChI is InChI=1S/C23H18BrN3O3S/c1-2-29-18-10-5-15(6-11-18)22-26-19-13-17(9-12-20(19)30-22)25-23(31)27-21(28)14-3-7-16(24)8-4-14/h3-13H,2H2,1H3,(H2,25,27,28,31). The number of nitrogens with zero attached hydrogens (tertiary/aromatic N) is 1. The van der Waals surface area contributed by atoms with Crippen molar-refractivity contribution in [2.75, 3.05) is 11.9 Å². The Kier molecular flexibility index (Phi) is 6.29. The Hall–Kier alpha value is -3.23. The van der Waals surface area contributed by atoms with E-state index in [4.69, 9.17) is 21.4 Å². The van der Waals surface area contributed by atoms with Crippen molar-refractivity contribution in [1.82, 2.24) is 10.3 Å². The predicted molar refractivity (Wildman–Crippen MR) is 128 cm³/mol. The molecule has 0 spiro atoms. The summed E-state index contributed by atoms with van der Waals surface area (Å²) in [4.78, 5) is 16.9. The number of aromatic nitrogens is 1. The fourth-order valence-corrected chi connectivity index (χ4v) is 3.40. The Labute approximate surface area is 192 Å². The number of oxazole rings is 1. The van der Waals surface area contributed by atoms with Crippen molar-refractivity contribution in [3.8, 4) is 17.2 Å². The number of hydrogen-bond donors (Lipinski definition) is 2. The molecule has 0 atom stereocenters. The first-order chi connectivity index (χ1) is 15.0. The van der Waals surface area contributed by atoms with Crippen LogP contribution >= 0.6 is 28.1 Å². The van der Waals surface area contributed by atoms with Crippen LogP contribution in [0.2, 0.25) is 0 Å². The van der Waals surface area contributed by atoms with Crippen LogP contribution in [0.25, 0.3) is 22.6 Å². The Morgan fingerprint density at radius 3 is 2.55 bits per heavy atom. The molecular formula is C23H18BrN3O3S. The van der Waals surface area contributed by atoms with Crippen LogP contribution in [0.1, 0.15) is 17.3 Å². The van der Waals surface area contributed by atoms with E-state index < -0.39 is 0 Å². The fourth-order valence-electron chi connectivity index (χ4n) is 2.93. The summed E-state index contributed by atoms with van der Waals surface area (Å²) in [5, 5.41) is 5.87. The highest BCUT2D eigenvalue weighted by Gasteiger charge is 2.11. The Balaban J connectivity index is 1.45. The third kappa shape index (κ3) is 5.10. The third-order valence-corrected chi connectivity index (χ3v) is 5.12. The largest absolute Gasteiger partial charge is 0.494 e. The summed E-state index contributed by atoms with van der Waals surface area (Å²) >= 11 is 8.61. The highest BCUT2D eigenvalue weighted by atomic mass is 79.9.